The van der Waals surface area contributed by atoms with Gasteiger partial charge in [-0.05, 0) is 37.8 Å². The summed E-state index contributed by atoms with van der Waals surface area (Å²) >= 11 is 0. The van der Waals surface area contributed by atoms with E-state index in [0.29, 0.717) is 6.54 Å². The molecular weight excluding hydrogens is 384 g/mol. The topological polar surface area (TPSA) is 128 Å². The van der Waals surface area contributed by atoms with E-state index >= 15 is 0 Å². The molecule has 1 unspecified atom stereocenters. The molecule has 2 aromatic rings. The first kappa shape index (κ1) is 19.9. The summed E-state index contributed by atoms with van der Waals surface area (Å²) in [7, 11) is 0. The quantitative estimate of drug-likeness (QED) is 0.573. The molecule has 1 saturated heterocycles. The number of carbonyl (C=O) groups excluding carboxylic acids is 1. The number of aromatic nitrogens is 2. The molecule has 2 aliphatic rings. The number of piperidine rings is 1. The maximum absolute atomic E-state index is 12.5. The Morgan fingerprint density at radius 3 is 2.83 bits per heavy atom. The smallest absolute Gasteiger partial charge is 0.289 e. The zero-order valence-electron chi connectivity index (χ0n) is 16.6. The Labute approximate surface area is 174 Å². The van der Waals surface area contributed by atoms with Crippen molar-refractivity contribution in [3.05, 3.63) is 45.8 Å². The van der Waals surface area contributed by atoms with Crippen LogP contribution in [-0.2, 0) is 4.79 Å². The molecule has 1 aliphatic carbocycles. The average molecular weight is 408 g/mol. The molecule has 2 N–H and O–H groups in total. The minimum absolute atomic E-state index is 0.0581. The predicted molar refractivity (Wildman–Crippen MR) is 111 cm³/mol. The zero-order chi connectivity index (χ0) is 21.1. The van der Waals surface area contributed by atoms with Crippen molar-refractivity contribution in [1.29, 1.82) is 5.26 Å². The van der Waals surface area contributed by atoms with Gasteiger partial charge in [-0.25, -0.2) is 0 Å². The van der Waals surface area contributed by atoms with E-state index in [4.69, 9.17) is 5.26 Å². The molecule has 1 amide bonds. The van der Waals surface area contributed by atoms with Crippen molar-refractivity contribution in [2.24, 2.45) is 5.92 Å². The van der Waals surface area contributed by atoms with E-state index < -0.39 is 4.92 Å². The summed E-state index contributed by atoms with van der Waals surface area (Å²) in [6.07, 6.45) is 7.58. The Balaban J connectivity index is 1.51. The molecule has 156 valence electrons. The molecule has 2 fully saturated rings. The van der Waals surface area contributed by atoms with Crippen molar-refractivity contribution in [2.75, 3.05) is 23.3 Å². The lowest BCUT2D eigenvalue weighted by Gasteiger charge is -2.34. The van der Waals surface area contributed by atoms with Crippen LogP contribution in [0.4, 0.5) is 17.1 Å². The van der Waals surface area contributed by atoms with E-state index in [-0.39, 0.29) is 29.0 Å². The molecule has 1 saturated carbocycles. The summed E-state index contributed by atoms with van der Waals surface area (Å²) < 4.78 is 0. The monoisotopic (exact) mass is 408 g/mol. The second-order valence-electron chi connectivity index (χ2n) is 8.02. The van der Waals surface area contributed by atoms with Crippen molar-refractivity contribution in [2.45, 2.75) is 44.4 Å². The highest BCUT2D eigenvalue weighted by atomic mass is 16.6. The Morgan fingerprint density at radius 2 is 2.10 bits per heavy atom. The third kappa shape index (κ3) is 3.99. The van der Waals surface area contributed by atoms with Gasteiger partial charge in [0.05, 0.1) is 22.5 Å². The lowest BCUT2D eigenvalue weighted by molar-refractivity contribution is -0.385. The van der Waals surface area contributed by atoms with E-state index in [1.807, 2.05) is 6.07 Å². The van der Waals surface area contributed by atoms with Crippen LogP contribution in [0.25, 0.3) is 0 Å². The molecule has 4 rings (SSSR count). The number of nitriles is 1. The summed E-state index contributed by atoms with van der Waals surface area (Å²) in [5.74, 6) is 0.259. The Kier molecular flexibility index (Phi) is 5.65. The number of carbonyl (C=O) groups is 1. The number of hydrogen-bond donors (Lipinski definition) is 2. The number of benzene rings is 1. The molecule has 1 aromatic heterocycles. The SMILES string of the molecule is N#Cc1ccc(N2CCCC(c3[nH]ncc3NC(=O)C3CCCC3)C2)cc1[N+](=O)[O-]. The summed E-state index contributed by atoms with van der Waals surface area (Å²) in [4.78, 5) is 25.4. The fourth-order valence-corrected chi connectivity index (χ4v) is 4.54. The van der Waals surface area contributed by atoms with Crippen molar-refractivity contribution >= 4 is 23.0 Å². The number of hydrogen-bond acceptors (Lipinski definition) is 6. The second kappa shape index (κ2) is 8.53. The van der Waals surface area contributed by atoms with Crippen molar-refractivity contribution in [3.8, 4) is 6.07 Å². The third-order valence-electron chi connectivity index (χ3n) is 6.15. The highest BCUT2D eigenvalue weighted by Crippen LogP contribution is 2.35. The highest BCUT2D eigenvalue weighted by molar-refractivity contribution is 5.93. The summed E-state index contributed by atoms with van der Waals surface area (Å²) in [6, 6.07) is 6.60. The van der Waals surface area contributed by atoms with E-state index in [9.17, 15) is 14.9 Å². The fourth-order valence-electron chi connectivity index (χ4n) is 4.54. The molecule has 1 aromatic carbocycles. The number of anilines is 2. The van der Waals surface area contributed by atoms with Crippen LogP contribution in [0.2, 0.25) is 0 Å². The molecule has 2 heterocycles. The van der Waals surface area contributed by atoms with Gasteiger partial charge >= 0.3 is 0 Å². The van der Waals surface area contributed by atoms with Gasteiger partial charge in [0.2, 0.25) is 5.91 Å². The average Bonchev–Trinajstić information content (AvgIpc) is 3.45. The third-order valence-corrected chi connectivity index (χ3v) is 6.15. The number of aromatic amines is 1. The summed E-state index contributed by atoms with van der Waals surface area (Å²) in [5, 5.41) is 30.7. The molecule has 30 heavy (non-hydrogen) atoms. The van der Waals surface area contributed by atoms with E-state index in [2.05, 4.69) is 20.4 Å². The van der Waals surface area contributed by atoms with Gasteiger partial charge in [-0.2, -0.15) is 10.4 Å². The molecular formula is C21H24N6O3. The van der Waals surface area contributed by atoms with E-state index in [1.165, 1.54) is 12.1 Å². The number of nitro benzene ring substituents is 1. The van der Waals surface area contributed by atoms with Crippen LogP contribution in [0, 0.1) is 27.4 Å². The number of rotatable bonds is 5. The van der Waals surface area contributed by atoms with Gasteiger partial charge in [0.15, 0.2) is 0 Å². The highest BCUT2D eigenvalue weighted by Gasteiger charge is 2.28. The molecule has 9 heteroatoms. The van der Waals surface area contributed by atoms with Gasteiger partial charge in [-0.15, -0.1) is 0 Å². The minimum atomic E-state index is -0.519. The molecule has 0 bridgehead atoms. The van der Waals surface area contributed by atoms with Crippen LogP contribution in [0.5, 0.6) is 0 Å². The number of H-pyrrole nitrogens is 1. The van der Waals surface area contributed by atoms with Gasteiger partial charge in [-0.3, -0.25) is 20.0 Å². The first-order valence-corrected chi connectivity index (χ1v) is 10.3. The lowest BCUT2D eigenvalue weighted by Crippen LogP contribution is -2.35. The van der Waals surface area contributed by atoms with Crippen LogP contribution in [-0.4, -0.2) is 34.1 Å². The fraction of sp³-hybridized carbons (Fsp3) is 0.476. The molecule has 9 nitrogen and oxygen atoms in total. The summed E-state index contributed by atoms with van der Waals surface area (Å²) in [5.41, 5.74) is 2.23. The van der Waals surface area contributed by atoms with Crippen LogP contribution in [0.1, 0.15) is 55.7 Å². The van der Waals surface area contributed by atoms with E-state index in [0.717, 1.165) is 62.1 Å². The normalized spacial score (nSPS) is 19.4. The van der Waals surface area contributed by atoms with Crippen molar-refractivity contribution in [3.63, 3.8) is 0 Å². The van der Waals surface area contributed by atoms with Crippen LogP contribution >= 0.6 is 0 Å². The molecule has 0 radical (unpaired) electrons. The predicted octanol–water partition coefficient (Wildman–Crippen LogP) is 3.70. The first-order chi connectivity index (χ1) is 14.6. The largest absolute Gasteiger partial charge is 0.371 e. The van der Waals surface area contributed by atoms with Gasteiger partial charge in [0, 0.05) is 36.7 Å². The first-order valence-electron chi connectivity index (χ1n) is 10.3. The lowest BCUT2D eigenvalue weighted by atomic mass is 9.93. The maximum atomic E-state index is 12.5. The Morgan fingerprint density at radius 1 is 1.30 bits per heavy atom. The minimum Gasteiger partial charge on any atom is -0.371 e. The summed E-state index contributed by atoms with van der Waals surface area (Å²) in [6.45, 7) is 1.43. The number of amides is 1. The standard InChI is InChI=1S/C21H24N6O3/c22-11-15-7-8-17(10-19(15)27(29)30)26-9-3-6-16(13-26)20-18(12-23-25-20)24-21(28)14-4-1-2-5-14/h7-8,10,12,14,16H,1-6,9,13H2,(H,23,25)(H,24,28). The number of nitrogens with zero attached hydrogens (tertiary/aromatic N) is 4. The van der Waals surface area contributed by atoms with Gasteiger partial charge in [-0.1, -0.05) is 12.8 Å². The zero-order valence-corrected chi connectivity index (χ0v) is 16.6. The van der Waals surface area contributed by atoms with Crippen LogP contribution < -0.4 is 10.2 Å². The molecule has 0 spiro atoms. The van der Waals surface area contributed by atoms with Gasteiger partial charge < -0.3 is 10.2 Å². The molecule has 1 aliphatic heterocycles. The van der Waals surface area contributed by atoms with Crippen molar-refractivity contribution < 1.29 is 9.72 Å². The van der Waals surface area contributed by atoms with Crippen molar-refractivity contribution in [1.82, 2.24) is 10.2 Å². The van der Waals surface area contributed by atoms with E-state index in [1.54, 1.807) is 12.3 Å². The van der Waals surface area contributed by atoms with Crippen LogP contribution in [0.3, 0.4) is 0 Å². The van der Waals surface area contributed by atoms with Crippen LogP contribution in [0.15, 0.2) is 24.4 Å². The van der Waals surface area contributed by atoms with Gasteiger partial charge in [0.25, 0.3) is 5.69 Å². The Bertz CT molecular complexity index is 989. The number of nitrogens with one attached hydrogen (secondary N) is 2. The Hall–Kier alpha value is -3.41. The van der Waals surface area contributed by atoms with Gasteiger partial charge in [0.1, 0.15) is 11.6 Å². The molecule has 1 atom stereocenters. The second-order valence-corrected chi connectivity index (χ2v) is 8.02. The maximum Gasteiger partial charge on any atom is 0.289 e. The number of nitro groups is 1.